The minimum Gasteiger partial charge on any atom is -0.507 e. The molecule has 1 unspecified atom stereocenters. The Morgan fingerprint density at radius 3 is 2.29 bits per heavy atom. The first-order chi connectivity index (χ1) is 16.6. The normalized spacial score (nSPS) is 17.3. The zero-order chi connectivity index (χ0) is 25.4. The molecule has 0 spiro atoms. The number of rotatable bonds is 5. The van der Waals surface area contributed by atoms with E-state index in [9.17, 15) is 14.7 Å². The molecule has 1 amide bonds. The number of ether oxygens (including phenoxy) is 1. The maximum atomic E-state index is 13.4. The molecule has 1 saturated heterocycles. The molecule has 1 atom stereocenters. The van der Waals surface area contributed by atoms with Crippen molar-refractivity contribution in [2.75, 3.05) is 4.90 Å². The molecular weight excluding hydrogens is 506 g/mol. The van der Waals surface area contributed by atoms with Crippen molar-refractivity contribution >= 4 is 39.1 Å². The number of carbonyl (C=O) groups excluding carboxylic acids is 2. The lowest BCUT2D eigenvalue weighted by Crippen LogP contribution is -2.29. The molecule has 0 saturated carbocycles. The van der Waals surface area contributed by atoms with Gasteiger partial charge in [0.1, 0.15) is 11.5 Å². The van der Waals surface area contributed by atoms with Crippen LogP contribution in [0.5, 0.6) is 5.75 Å². The molecule has 1 heterocycles. The Kier molecular flexibility index (Phi) is 6.86. The Balaban J connectivity index is 1.96. The number of hydrogen-bond donors (Lipinski definition) is 1. The predicted octanol–water partition coefficient (Wildman–Crippen LogP) is 6.79. The monoisotopic (exact) mass is 533 g/mol. The lowest BCUT2D eigenvalue weighted by molar-refractivity contribution is -0.132. The number of anilines is 1. The Morgan fingerprint density at radius 2 is 1.66 bits per heavy atom. The molecule has 0 bridgehead atoms. The van der Waals surface area contributed by atoms with Crippen LogP contribution in [0.25, 0.3) is 5.76 Å². The second kappa shape index (κ2) is 9.70. The topological polar surface area (TPSA) is 66.8 Å². The maximum absolute atomic E-state index is 13.4. The van der Waals surface area contributed by atoms with Crippen LogP contribution in [-0.2, 0) is 9.59 Å². The first kappa shape index (κ1) is 24.7. The van der Waals surface area contributed by atoms with Gasteiger partial charge in [-0.15, -0.1) is 0 Å². The summed E-state index contributed by atoms with van der Waals surface area (Å²) in [5.41, 5.74) is 4.66. The highest BCUT2D eigenvalue weighted by Gasteiger charge is 2.47. The van der Waals surface area contributed by atoms with Crippen molar-refractivity contribution in [3.8, 4) is 5.75 Å². The molecule has 1 aliphatic heterocycles. The van der Waals surface area contributed by atoms with Crippen molar-refractivity contribution in [3.05, 3.63) is 98.5 Å². The van der Waals surface area contributed by atoms with Gasteiger partial charge in [0.05, 0.1) is 17.7 Å². The fraction of sp³-hybridized carbons (Fsp3) is 0.241. The summed E-state index contributed by atoms with van der Waals surface area (Å²) in [4.78, 5) is 28.3. The second-order valence-corrected chi connectivity index (χ2v) is 10.1. The number of aliphatic hydroxyl groups is 1. The molecular formula is C29H28BrNO4. The molecule has 0 radical (unpaired) electrons. The Hall–Kier alpha value is -3.38. The van der Waals surface area contributed by atoms with Gasteiger partial charge < -0.3 is 9.84 Å². The van der Waals surface area contributed by atoms with Gasteiger partial charge in [-0.25, -0.2) is 0 Å². The average molecular weight is 534 g/mol. The van der Waals surface area contributed by atoms with Crippen molar-refractivity contribution in [1.29, 1.82) is 0 Å². The van der Waals surface area contributed by atoms with Gasteiger partial charge in [0, 0.05) is 15.7 Å². The van der Waals surface area contributed by atoms with E-state index >= 15 is 0 Å². The molecule has 3 aromatic rings. The third-order valence-corrected chi connectivity index (χ3v) is 6.80. The van der Waals surface area contributed by atoms with Gasteiger partial charge in [-0.1, -0.05) is 40.2 Å². The van der Waals surface area contributed by atoms with Gasteiger partial charge >= 0.3 is 0 Å². The summed E-state index contributed by atoms with van der Waals surface area (Å²) in [7, 11) is 0. The van der Waals surface area contributed by atoms with Gasteiger partial charge in [-0.3, -0.25) is 14.5 Å². The smallest absolute Gasteiger partial charge is 0.300 e. The van der Waals surface area contributed by atoms with Gasteiger partial charge in [0.25, 0.3) is 11.7 Å². The van der Waals surface area contributed by atoms with Gasteiger partial charge in [-0.05, 0) is 93.3 Å². The first-order valence-corrected chi connectivity index (χ1v) is 12.3. The highest BCUT2D eigenvalue weighted by Crippen LogP contribution is 2.43. The number of benzene rings is 3. The van der Waals surface area contributed by atoms with E-state index in [2.05, 4.69) is 15.9 Å². The SMILES string of the molecule is Cc1cc(C)cc(N2C(=O)C(=O)/C(=C(\O)c3ccc(Br)c(C)c3)C2c2cccc(OC(C)C)c2)c1. The van der Waals surface area contributed by atoms with Crippen LogP contribution >= 0.6 is 15.9 Å². The standard InChI is InChI=1S/C29H28BrNO4/c1-16(2)35-23-8-6-7-20(15-23)26-25(27(32)21-9-10-24(30)19(5)14-21)28(33)29(34)31(26)22-12-17(3)11-18(4)13-22/h6-16,26,32H,1-5H3/b27-25-. The van der Waals surface area contributed by atoms with Crippen molar-refractivity contribution < 1.29 is 19.4 Å². The largest absolute Gasteiger partial charge is 0.507 e. The van der Waals surface area contributed by atoms with Crippen molar-refractivity contribution in [2.24, 2.45) is 0 Å². The van der Waals surface area contributed by atoms with Gasteiger partial charge in [-0.2, -0.15) is 0 Å². The minimum atomic E-state index is -0.809. The maximum Gasteiger partial charge on any atom is 0.300 e. The number of Topliss-reactive ketones (excluding diaryl/α,β-unsaturated/α-hetero) is 1. The van der Waals surface area contributed by atoms with Crippen LogP contribution in [0.4, 0.5) is 5.69 Å². The van der Waals surface area contributed by atoms with Crippen LogP contribution < -0.4 is 9.64 Å². The van der Waals surface area contributed by atoms with Crippen LogP contribution in [0.3, 0.4) is 0 Å². The lowest BCUT2D eigenvalue weighted by Gasteiger charge is -2.26. The van der Waals surface area contributed by atoms with Gasteiger partial charge in [0.15, 0.2) is 0 Å². The van der Waals surface area contributed by atoms with E-state index in [1.165, 1.54) is 4.90 Å². The quantitative estimate of drug-likeness (QED) is 0.223. The minimum absolute atomic E-state index is 0.0400. The van der Waals surface area contributed by atoms with Crippen LogP contribution in [0.2, 0.25) is 0 Å². The number of nitrogens with zero attached hydrogens (tertiary/aromatic N) is 1. The average Bonchev–Trinajstić information content (AvgIpc) is 3.05. The molecule has 1 aliphatic rings. The molecule has 0 aliphatic carbocycles. The molecule has 1 N–H and O–H groups in total. The van der Waals surface area contributed by atoms with E-state index in [1.807, 2.05) is 83.1 Å². The fourth-order valence-corrected chi connectivity index (χ4v) is 4.73. The Morgan fingerprint density at radius 1 is 0.971 bits per heavy atom. The number of halogens is 1. The van der Waals surface area contributed by atoms with E-state index in [0.29, 0.717) is 22.6 Å². The van der Waals surface area contributed by atoms with Crippen LogP contribution in [-0.4, -0.2) is 22.9 Å². The molecule has 0 aromatic heterocycles. The molecule has 1 fully saturated rings. The van der Waals surface area contributed by atoms with Crippen LogP contribution in [0.15, 0.2) is 70.7 Å². The Bertz CT molecular complexity index is 1340. The van der Waals surface area contributed by atoms with E-state index < -0.39 is 17.7 Å². The second-order valence-electron chi connectivity index (χ2n) is 9.22. The number of hydrogen-bond acceptors (Lipinski definition) is 4. The Labute approximate surface area is 214 Å². The van der Waals surface area contributed by atoms with E-state index in [1.54, 1.807) is 12.1 Å². The summed E-state index contributed by atoms with van der Waals surface area (Å²) < 4.78 is 6.77. The molecule has 5 nitrogen and oxygen atoms in total. The van der Waals surface area contributed by atoms with E-state index in [-0.39, 0.29) is 17.4 Å². The number of aliphatic hydroxyl groups excluding tert-OH is 1. The first-order valence-electron chi connectivity index (χ1n) is 11.5. The molecule has 35 heavy (non-hydrogen) atoms. The van der Waals surface area contributed by atoms with Crippen molar-refractivity contribution in [3.63, 3.8) is 0 Å². The molecule has 6 heteroatoms. The molecule has 180 valence electrons. The van der Waals surface area contributed by atoms with Crippen LogP contribution in [0, 0.1) is 20.8 Å². The highest BCUT2D eigenvalue weighted by molar-refractivity contribution is 9.10. The summed E-state index contributed by atoms with van der Waals surface area (Å²) >= 11 is 3.47. The van der Waals surface area contributed by atoms with Crippen molar-refractivity contribution in [2.45, 2.75) is 46.8 Å². The fourth-order valence-electron chi connectivity index (χ4n) is 4.48. The van der Waals surface area contributed by atoms with Crippen molar-refractivity contribution in [1.82, 2.24) is 0 Å². The summed E-state index contributed by atoms with van der Waals surface area (Å²) in [5, 5.41) is 11.4. The molecule has 4 rings (SSSR count). The summed E-state index contributed by atoms with van der Waals surface area (Å²) in [5.74, 6) is -0.970. The third-order valence-electron chi connectivity index (χ3n) is 5.91. The van der Waals surface area contributed by atoms with Gasteiger partial charge in [0.2, 0.25) is 0 Å². The third kappa shape index (κ3) is 4.89. The number of carbonyl (C=O) groups is 2. The zero-order valence-electron chi connectivity index (χ0n) is 20.4. The van der Waals surface area contributed by atoms with Crippen LogP contribution in [0.1, 0.15) is 47.7 Å². The number of ketones is 1. The number of amides is 1. The lowest BCUT2D eigenvalue weighted by atomic mass is 9.94. The zero-order valence-corrected chi connectivity index (χ0v) is 22.0. The predicted molar refractivity (Wildman–Crippen MR) is 142 cm³/mol. The molecule has 3 aromatic carbocycles. The summed E-state index contributed by atoms with van der Waals surface area (Å²) in [6.45, 7) is 9.67. The van der Waals surface area contributed by atoms with E-state index in [4.69, 9.17) is 4.74 Å². The highest BCUT2D eigenvalue weighted by atomic mass is 79.9. The summed E-state index contributed by atoms with van der Waals surface area (Å²) in [6.07, 6.45) is -0.0400. The number of aryl methyl sites for hydroxylation is 3. The van der Waals surface area contributed by atoms with E-state index in [0.717, 1.165) is 21.2 Å². The summed E-state index contributed by atoms with van der Waals surface area (Å²) in [6, 6.07) is 17.6.